The topological polar surface area (TPSA) is 81.0 Å². The fourth-order valence-corrected chi connectivity index (χ4v) is 3.33. The third-order valence-electron chi connectivity index (χ3n) is 3.55. The third-order valence-corrected chi connectivity index (χ3v) is 4.57. The number of rotatable bonds is 4. The van der Waals surface area contributed by atoms with Gasteiger partial charge in [0.2, 0.25) is 0 Å². The monoisotopic (exact) mass is 368 g/mol. The molecule has 2 heterocycles. The van der Waals surface area contributed by atoms with Crippen LogP contribution in [-0.2, 0) is 9.53 Å². The van der Waals surface area contributed by atoms with Crippen LogP contribution in [0.2, 0.25) is 0 Å². The molecule has 0 fully saturated rings. The van der Waals surface area contributed by atoms with Gasteiger partial charge in [-0.3, -0.25) is 4.98 Å². The molecule has 0 aliphatic carbocycles. The number of carbonyl (C=O) groups excluding carboxylic acids is 1. The second-order valence-electron chi connectivity index (χ2n) is 5.17. The van der Waals surface area contributed by atoms with Crippen LogP contribution in [0, 0.1) is 0 Å². The van der Waals surface area contributed by atoms with Crippen molar-refractivity contribution in [3.8, 4) is 5.75 Å². The summed E-state index contributed by atoms with van der Waals surface area (Å²) >= 11 is 1.17. The lowest BCUT2D eigenvalue weighted by molar-refractivity contribution is -0.135. The molecule has 0 radical (unpaired) electrons. The Balaban J connectivity index is 2.07. The number of aliphatic imine (C=N–C) groups is 1. The van der Waals surface area contributed by atoms with Crippen LogP contribution in [0.15, 0.2) is 69.9 Å². The van der Waals surface area contributed by atoms with E-state index in [-0.39, 0.29) is 11.3 Å². The Labute approximate surface area is 154 Å². The standard InChI is InChI=1S/C19H16N2O4S/c1-24-14-9-4-3-8-13(14)21-18-16(19(23)25-2)17(22)15(26-18)11-12-7-5-6-10-20-12/h3-11,22H,1-2H3. The van der Waals surface area contributed by atoms with Gasteiger partial charge in [0, 0.05) is 6.20 Å². The fraction of sp³-hybridized carbons (Fsp3) is 0.105. The maximum atomic E-state index is 12.2. The molecule has 7 heteroatoms. The van der Waals surface area contributed by atoms with Gasteiger partial charge in [-0.2, -0.15) is 0 Å². The average molecular weight is 368 g/mol. The highest BCUT2D eigenvalue weighted by Gasteiger charge is 2.33. The molecule has 132 valence electrons. The zero-order valence-corrected chi connectivity index (χ0v) is 15.0. The van der Waals surface area contributed by atoms with Gasteiger partial charge in [-0.25, -0.2) is 9.79 Å². The molecule has 0 amide bonds. The molecular formula is C19H16N2O4S. The van der Waals surface area contributed by atoms with Crippen molar-refractivity contribution in [2.45, 2.75) is 0 Å². The minimum absolute atomic E-state index is 0.0191. The number of nitrogens with zero attached hydrogens (tertiary/aromatic N) is 2. The van der Waals surface area contributed by atoms with E-state index in [1.54, 1.807) is 43.6 Å². The molecule has 2 aromatic rings. The van der Waals surface area contributed by atoms with Crippen LogP contribution in [0.25, 0.3) is 6.08 Å². The van der Waals surface area contributed by atoms with Crippen molar-refractivity contribution >= 4 is 34.5 Å². The van der Waals surface area contributed by atoms with Crippen LogP contribution in [0.1, 0.15) is 5.69 Å². The molecule has 0 saturated carbocycles. The molecule has 3 rings (SSSR count). The van der Waals surface area contributed by atoms with Crippen LogP contribution in [0.4, 0.5) is 5.69 Å². The Kier molecular flexibility index (Phi) is 5.38. The highest BCUT2D eigenvalue weighted by molar-refractivity contribution is 8.18. The number of hydrogen-bond donors (Lipinski definition) is 1. The van der Waals surface area contributed by atoms with Gasteiger partial charge in [-0.05, 0) is 30.3 Å². The summed E-state index contributed by atoms with van der Waals surface area (Å²) in [5.41, 5.74) is 1.22. The molecular weight excluding hydrogens is 352 g/mol. The number of methoxy groups -OCH3 is 2. The number of pyridine rings is 1. The summed E-state index contributed by atoms with van der Waals surface area (Å²) in [6.45, 7) is 0. The molecule has 0 unspecified atom stereocenters. The minimum Gasteiger partial charge on any atom is -0.506 e. The number of esters is 1. The van der Waals surface area contributed by atoms with Crippen LogP contribution in [0.5, 0.6) is 5.75 Å². The van der Waals surface area contributed by atoms with Crippen molar-refractivity contribution in [3.05, 3.63) is 70.6 Å². The van der Waals surface area contributed by atoms with E-state index < -0.39 is 5.97 Å². The first kappa shape index (κ1) is 17.8. The first-order valence-electron chi connectivity index (χ1n) is 7.68. The molecule has 1 aromatic carbocycles. The van der Waals surface area contributed by atoms with E-state index in [9.17, 15) is 9.90 Å². The zero-order valence-electron chi connectivity index (χ0n) is 14.2. The molecule has 1 N–H and O–H groups in total. The summed E-state index contributed by atoms with van der Waals surface area (Å²) < 4.78 is 10.1. The maximum Gasteiger partial charge on any atom is 0.344 e. The zero-order chi connectivity index (χ0) is 18.5. The highest BCUT2D eigenvalue weighted by atomic mass is 32.2. The molecule has 0 spiro atoms. The summed E-state index contributed by atoms with van der Waals surface area (Å²) in [6.07, 6.45) is 3.34. The predicted molar refractivity (Wildman–Crippen MR) is 102 cm³/mol. The average Bonchev–Trinajstić information content (AvgIpc) is 2.97. The van der Waals surface area contributed by atoms with Crippen LogP contribution in [0.3, 0.4) is 0 Å². The summed E-state index contributed by atoms with van der Waals surface area (Å²) in [7, 11) is 2.80. The van der Waals surface area contributed by atoms with Crippen molar-refractivity contribution in [1.82, 2.24) is 4.98 Å². The number of para-hydroxylation sites is 2. The van der Waals surface area contributed by atoms with E-state index in [2.05, 4.69) is 9.98 Å². The van der Waals surface area contributed by atoms with Crippen LogP contribution in [-0.4, -0.2) is 35.3 Å². The fourth-order valence-electron chi connectivity index (χ4n) is 2.32. The number of benzene rings is 1. The number of aliphatic hydroxyl groups excluding tert-OH is 1. The summed E-state index contributed by atoms with van der Waals surface area (Å²) in [5.74, 6) is -0.277. The Morgan fingerprint density at radius 3 is 2.65 bits per heavy atom. The van der Waals surface area contributed by atoms with Gasteiger partial charge in [0.25, 0.3) is 0 Å². The lowest BCUT2D eigenvalue weighted by Gasteiger charge is -2.05. The lowest BCUT2D eigenvalue weighted by atomic mass is 10.2. The normalized spacial score (nSPS) is 17.0. The van der Waals surface area contributed by atoms with Crippen molar-refractivity contribution in [3.63, 3.8) is 0 Å². The van der Waals surface area contributed by atoms with Crippen molar-refractivity contribution < 1.29 is 19.4 Å². The van der Waals surface area contributed by atoms with Crippen molar-refractivity contribution in [1.29, 1.82) is 0 Å². The molecule has 6 nitrogen and oxygen atoms in total. The number of aromatic nitrogens is 1. The van der Waals surface area contributed by atoms with Gasteiger partial charge < -0.3 is 14.6 Å². The number of aliphatic hydroxyl groups is 1. The van der Waals surface area contributed by atoms with Gasteiger partial charge >= 0.3 is 5.97 Å². The second-order valence-corrected chi connectivity index (χ2v) is 6.20. The predicted octanol–water partition coefficient (Wildman–Crippen LogP) is 3.89. The SMILES string of the molecule is COC(=O)C1=C(O)C(=Cc2ccccn2)SC1=Nc1ccccc1OC. The summed E-state index contributed by atoms with van der Waals surface area (Å²) in [5, 5.41) is 10.9. The van der Waals surface area contributed by atoms with E-state index >= 15 is 0 Å². The number of ether oxygens (including phenoxy) is 2. The van der Waals surface area contributed by atoms with E-state index in [1.807, 2.05) is 18.2 Å². The Hall–Kier alpha value is -3.06. The van der Waals surface area contributed by atoms with Crippen molar-refractivity contribution in [2.75, 3.05) is 14.2 Å². The smallest absolute Gasteiger partial charge is 0.344 e. The number of thioether (sulfide) groups is 1. The summed E-state index contributed by atoms with van der Waals surface area (Å²) in [4.78, 5) is 21.3. The second kappa shape index (κ2) is 7.88. The van der Waals surface area contributed by atoms with Gasteiger partial charge in [0.05, 0.1) is 24.8 Å². The molecule has 0 bridgehead atoms. The number of carbonyl (C=O) groups is 1. The molecule has 26 heavy (non-hydrogen) atoms. The highest BCUT2D eigenvalue weighted by Crippen LogP contribution is 2.41. The van der Waals surface area contributed by atoms with Crippen LogP contribution >= 0.6 is 11.8 Å². The largest absolute Gasteiger partial charge is 0.506 e. The molecule has 0 atom stereocenters. The first-order chi connectivity index (χ1) is 12.6. The first-order valence-corrected chi connectivity index (χ1v) is 8.50. The molecule has 1 aliphatic heterocycles. The Bertz CT molecular complexity index is 920. The van der Waals surface area contributed by atoms with Gasteiger partial charge in [-0.1, -0.05) is 30.0 Å². The van der Waals surface area contributed by atoms with Crippen molar-refractivity contribution in [2.24, 2.45) is 4.99 Å². The van der Waals surface area contributed by atoms with E-state index in [0.29, 0.717) is 27.1 Å². The van der Waals surface area contributed by atoms with E-state index in [1.165, 1.54) is 18.9 Å². The van der Waals surface area contributed by atoms with Gasteiger partial charge in [0.15, 0.2) is 0 Å². The van der Waals surface area contributed by atoms with Gasteiger partial charge in [-0.15, -0.1) is 0 Å². The third kappa shape index (κ3) is 3.62. The van der Waals surface area contributed by atoms with E-state index in [4.69, 9.17) is 9.47 Å². The summed E-state index contributed by atoms with van der Waals surface area (Å²) in [6, 6.07) is 12.6. The maximum absolute atomic E-state index is 12.2. The quantitative estimate of drug-likeness (QED) is 0.825. The van der Waals surface area contributed by atoms with Crippen LogP contribution < -0.4 is 4.74 Å². The van der Waals surface area contributed by atoms with Gasteiger partial charge in [0.1, 0.15) is 27.8 Å². The lowest BCUT2D eigenvalue weighted by Crippen LogP contribution is -2.10. The number of hydrogen-bond acceptors (Lipinski definition) is 7. The minimum atomic E-state index is -0.659. The van der Waals surface area contributed by atoms with E-state index in [0.717, 1.165) is 0 Å². The molecule has 0 saturated heterocycles. The Morgan fingerprint density at radius 2 is 1.96 bits per heavy atom. The molecule has 1 aliphatic rings. The Morgan fingerprint density at radius 1 is 1.19 bits per heavy atom. The molecule has 1 aromatic heterocycles.